The standard InChI is InChI=1S/C16H22NO4P/c1-3-20-22(18,21-4-2)14-10-13-11-19-17-16(13)15(14)12-8-6-5-7-9-12/h5-9,13-15H,3-4,10-11H2,1-2H3/t13-,14-,15?/m1/s1. The van der Waals surface area contributed by atoms with Crippen LogP contribution in [0.3, 0.4) is 0 Å². The molecule has 120 valence electrons. The molecule has 1 unspecified atom stereocenters. The summed E-state index contributed by atoms with van der Waals surface area (Å²) in [6.07, 6.45) is 0.732. The van der Waals surface area contributed by atoms with Crippen molar-refractivity contribution in [3.63, 3.8) is 0 Å². The van der Waals surface area contributed by atoms with E-state index in [1.165, 1.54) is 0 Å². The van der Waals surface area contributed by atoms with Crippen LogP contribution in [0, 0.1) is 5.92 Å². The quantitative estimate of drug-likeness (QED) is 0.747. The van der Waals surface area contributed by atoms with Crippen LogP contribution in [0.15, 0.2) is 35.5 Å². The molecule has 3 rings (SSSR count). The summed E-state index contributed by atoms with van der Waals surface area (Å²) in [5.41, 5.74) is 1.89. The zero-order valence-corrected chi connectivity index (χ0v) is 13.9. The minimum absolute atomic E-state index is 0.0577. The van der Waals surface area contributed by atoms with Crippen LogP contribution in [0.5, 0.6) is 0 Å². The first-order chi connectivity index (χ1) is 10.7. The summed E-state index contributed by atoms with van der Waals surface area (Å²) < 4.78 is 24.5. The number of benzene rings is 1. The minimum atomic E-state index is -3.18. The molecule has 1 aromatic carbocycles. The molecule has 0 amide bonds. The second kappa shape index (κ2) is 6.53. The van der Waals surface area contributed by atoms with Crippen molar-refractivity contribution in [1.82, 2.24) is 0 Å². The van der Waals surface area contributed by atoms with E-state index in [-0.39, 0.29) is 17.5 Å². The second-order valence-corrected chi connectivity index (χ2v) is 7.83. The van der Waals surface area contributed by atoms with Crippen molar-refractivity contribution in [3.05, 3.63) is 35.9 Å². The maximum Gasteiger partial charge on any atom is 0.334 e. The molecule has 0 bridgehead atoms. The van der Waals surface area contributed by atoms with Crippen LogP contribution < -0.4 is 0 Å². The van der Waals surface area contributed by atoms with Gasteiger partial charge in [-0.25, -0.2) is 0 Å². The monoisotopic (exact) mass is 323 g/mol. The third-order valence-electron chi connectivity index (χ3n) is 4.28. The minimum Gasteiger partial charge on any atom is -0.395 e. The Bertz CT molecular complexity index is 579. The van der Waals surface area contributed by atoms with Crippen LogP contribution in [0.1, 0.15) is 31.7 Å². The summed E-state index contributed by atoms with van der Waals surface area (Å²) in [6.45, 7) is 5.01. The highest BCUT2D eigenvalue weighted by atomic mass is 31.2. The molecular weight excluding hydrogens is 301 g/mol. The van der Waals surface area contributed by atoms with Gasteiger partial charge in [0.05, 0.1) is 24.6 Å². The second-order valence-electron chi connectivity index (χ2n) is 5.58. The van der Waals surface area contributed by atoms with Gasteiger partial charge >= 0.3 is 7.60 Å². The van der Waals surface area contributed by atoms with Crippen LogP contribution >= 0.6 is 7.60 Å². The van der Waals surface area contributed by atoms with Crippen molar-refractivity contribution in [2.75, 3.05) is 19.8 Å². The van der Waals surface area contributed by atoms with E-state index in [9.17, 15) is 4.57 Å². The Kier molecular flexibility index (Phi) is 4.67. The van der Waals surface area contributed by atoms with Crippen molar-refractivity contribution in [2.24, 2.45) is 11.1 Å². The lowest BCUT2D eigenvalue weighted by molar-refractivity contribution is 0.149. The Morgan fingerprint density at radius 2 is 1.91 bits per heavy atom. The molecule has 0 spiro atoms. The topological polar surface area (TPSA) is 57.1 Å². The van der Waals surface area contributed by atoms with Gasteiger partial charge in [-0.1, -0.05) is 35.5 Å². The molecule has 1 aliphatic heterocycles. The van der Waals surface area contributed by atoms with E-state index in [1.54, 1.807) is 0 Å². The van der Waals surface area contributed by atoms with Gasteiger partial charge in [-0.15, -0.1) is 0 Å². The Labute approximate surface area is 131 Å². The van der Waals surface area contributed by atoms with Gasteiger partial charge in [0.2, 0.25) is 0 Å². The molecule has 0 saturated heterocycles. The first-order valence-corrected chi connectivity index (χ1v) is 9.44. The molecule has 1 heterocycles. The normalized spacial score (nSPS) is 27.4. The Morgan fingerprint density at radius 3 is 2.55 bits per heavy atom. The molecule has 1 aliphatic carbocycles. The molecule has 3 atom stereocenters. The van der Waals surface area contributed by atoms with Crippen molar-refractivity contribution in [2.45, 2.75) is 31.8 Å². The van der Waals surface area contributed by atoms with Gasteiger partial charge in [0.15, 0.2) is 0 Å². The highest BCUT2D eigenvalue weighted by molar-refractivity contribution is 7.54. The first kappa shape index (κ1) is 15.7. The molecule has 0 N–H and O–H groups in total. The Morgan fingerprint density at radius 1 is 1.23 bits per heavy atom. The maximum absolute atomic E-state index is 13.3. The first-order valence-electron chi connectivity index (χ1n) is 7.83. The lowest BCUT2D eigenvalue weighted by Crippen LogP contribution is -2.20. The molecule has 22 heavy (non-hydrogen) atoms. The molecule has 1 aromatic rings. The Hall–Kier alpha value is -1.16. The summed E-state index contributed by atoms with van der Waals surface area (Å²) in [7, 11) is -3.18. The lowest BCUT2D eigenvalue weighted by atomic mass is 9.94. The van der Waals surface area contributed by atoms with Crippen LogP contribution in [0.25, 0.3) is 0 Å². The van der Waals surface area contributed by atoms with Gasteiger partial charge in [0.1, 0.15) is 6.61 Å². The average molecular weight is 323 g/mol. The van der Waals surface area contributed by atoms with E-state index in [2.05, 4.69) is 5.16 Å². The zero-order valence-electron chi connectivity index (χ0n) is 13.0. The SMILES string of the molecule is CCOP(=O)(OCC)[C@@H]1C[C@@H]2CON=C2C1c1ccccc1. The molecule has 0 aromatic heterocycles. The van der Waals surface area contributed by atoms with E-state index in [0.717, 1.165) is 17.7 Å². The molecule has 6 heteroatoms. The Balaban J connectivity index is 2.00. The predicted octanol–water partition coefficient (Wildman–Crippen LogP) is 3.81. The highest BCUT2D eigenvalue weighted by Crippen LogP contribution is 2.63. The summed E-state index contributed by atoms with van der Waals surface area (Å²) in [4.78, 5) is 5.26. The number of fused-ring (bicyclic) bond motifs is 1. The molecule has 1 fully saturated rings. The summed E-state index contributed by atoms with van der Waals surface area (Å²) in [5, 5.41) is 4.22. The third kappa shape index (κ3) is 2.73. The van der Waals surface area contributed by atoms with Crippen LogP contribution in [0.4, 0.5) is 0 Å². The molecular formula is C16H22NO4P. The molecule has 5 nitrogen and oxygen atoms in total. The number of nitrogens with zero attached hydrogens (tertiary/aromatic N) is 1. The molecule has 0 radical (unpaired) electrons. The summed E-state index contributed by atoms with van der Waals surface area (Å²) >= 11 is 0. The van der Waals surface area contributed by atoms with Gasteiger partial charge in [-0.2, -0.15) is 0 Å². The number of hydrogen-bond donors (Lipinski definition) is 0. The lowest BCUT2D eigenvalue weighted by Gasteiger charge is -2.27. The fourth-order valence-corrected chi connectivity index (χ4v) is 5.82. The number of rotatable bonds is 6. The largest absolute Gasteiger partial charge is 0.395 e. The summed E-state index contributed by atoms with van der Waals surface area (Å²) in [5.74, 6) is 0.155. The van der Waals surface area contributed by atoms with Crippen LogP contribution in [-0.2, 0) is 18.5 Å². The fourth-order valence-electron chi connectivity index (χ4n) is 3.44. The van der Waals surface area contributed by atoms with Gasteiger partial charge in [-0.05, 0) is 25.8 Å². The number of oxime groups is 1. The molecule has 1 saturated carbocycles. The van der Waals surface area contributed by atoms with E-state index in [1.807, 2.05) is 44.2 Å². The highest BCUT2D eigenvalue weighted by Gasteiger charge is 2.53. The smallest absolute Gasteiger partial charge is 0.334 e. The van der Waals surface area contributed by atoms with E-state index >= 15 is 0 Å². The fraction of sp³-hybridized carbons (Fsp3) is 0.562. The van der Waals surface area contributed by atoms with Crippen molar-refractivity contribution in [3.8, 4) is 0 Å². The van der Waals surface area contributed by atoms with Crippen LogP contribution in [-0.4, -0.2) is 31.2 Å². The van der Waals surface area contributed by atoms with Crippen molar-refractivity contribution >= 4 is 13.3 Å². The zero-order chi connectivity index (χ0) is 15.6. The van der Waals surface area contributed by atoms with E-state index in [4.69, 9.17) is 13.9 Å². The maximum atomic E-state index is 13.3. The van der Waals surface area contributed by atoms with E-state index in [0.29, 0.717) is 19.8 Å². The van der Waals surface area contributed by atoms with Crippen molar-refractivity contribution in [1.29, 1.82) is 0 Å². The van der Waals surface area contributed by atoms with Gasteiger partial charge in [0.25, 0.3) is 0 Å². The number of hydrogen-bond acceptors (Lipinski definition) is 5. The predicted molar refractivity (Wildman–Crippen MR) is 85.3 cm³/mol. The average Bonchev–Trinajstić information content (AvgIpc) is 3.09. The van der Waals surface area contributed by atoms with E-state index < -0.39 is 7.60 Å². The van der Waals surface area contributed by atoms with Gasteiger partial charge in [-0.3, -0.25) is 4.57 Å². The van der Waals surface area contributed by atoms with Gasteiger partial charge < -0.3 is 13.9 Å². The summed E-state index contributed by atoms with van der Waals surface area (Å²) in [6, 6.07) is 10.0. The van der Waals surface area contributed by atoms with Crippen LogP contribution in [0.2, 0.25) is 0 Å². The molecule has 2 aliphatic rings. The van der Waals surface area contributed by atoms with Gasteiger partial charge in [0, 0.05) is 11.8 Å². The third-order valence-corrected chi connectivity index (χ3v) is 6.83. The van der Waals surface area contributed by atoms with Crippen molar-refractivity contribution < 1.29 is 18.5 Å².